The SMILES string of the molecule is CCNC(=O)C(CC)CC(C)(C)N. The first-order valence-corrected chi connectivity index (χ1v) is 4.97. The van der Waals surface area contributed by atoms with Crippen LogP contribution < -0.4 is 11.1 Å². The second-order valence-corrected chi connectivity index (χ2v) is 4.19. The van der Waals surface area contributed by atoms with E-state index in [4.69, 9.17) is 5.73 Å². The van der Waals surface area contributed by atoms with Crippen LogP contribution in [0.15, 0.2) is 0 Å². The van der Waals surface area contributed by atoms with Gasteiger partial charge in [0.05, 0.1) is 0 Å². The molecule has 0 radical (unpaired) electrons. The van der Waals surface area contributed by atoms with Crippen LogP contribution in [-0.4, -0.2) is 18.0 Å². The lowest BCUT2D eigenvalue weighted by Crippen LogP contribution is -2.39. The van der Waals surface area contributed by atoms with Crippen LogP contribution in [-0.2, 0) is 4.79 Å². The van der Waals surface area contributed by atoms with Gasteiger partial charge in [-0.25, -0.2) is 0 Å². The van der Waals surface area contributed by atoms with E-state index in [1.807, 2.05) is 27.7 Å². The molecule has 0 aromatic carbocycles. The fraction of sp³-hybridized carbons (Fsp3) is 0.900. The predicted octanol–water partition coefficient (Wildman–Crippen LogP) is 1.28. The first-order chi connectivity index (χ1) is 5.90. The van der Waals surface area contributed by atoms with E-state index >= 15 is 0 Å². The molecule has 1 amide bonds. The zero-order valence-electron chi connectivity index (χ0n) is 9.18. The summed E-state index contributed by atoms with van der Waals surface area (Å²) in [6, 6.07) is 0. The van der Waals surface area contributed by atoms with Gasteiger partial charge in [0, 0.05) is 18.0 Å². The lowest BCUT2D eigenvalue weighted by atomic mass is 9.89. The predicted molar refractivity (Wildman–Crippen MR) is 55.3 cm³/mol. The molecule has 0 rings (SSSR count). The van der Waals surface area contributed by atoms with Gasteiger partial charge in [-0.05, 0) is 33.6 Å². The third-order valence-electron chi connectivity index (χ3n) is 1.99. The van der Waals surface area contributed by atoms with Crippen molar-refractivity contribution in [2.24, 2.45) is 11.7 Å². The van der Waals surface area contributed by atoms with Crippen molar-refractivity contribution in [3.05, 3.63) is 0 Å². The zero-order valence-corrected chi connectivity index (χ0v) is 9.18. The minimum Gasteiger partial charge on any atom is -0.356 e. The molecular formula is C10H22N2O. The molecule has 0 saturated carbocycles. The van der Waals surface area contributed by atoms with Crippen molar-refractivity contribution in [1.29, 1.82) is 0 Å². The molecule has 13 heavy (non-hydrogen) atoms. The van der Waals surface area contributed by atoms with E-state index in [9.17, 15) is 4.79 Å². The highest BCUT2D eigenvalue weighted by Crippen LogP contribution is 2.16. The monoisotopic (exact) mass is 186 g/mol. The van der Waals surface area contributed by atoms with Crippen LogP contribution in [0.3, 0.4) is 0 Å². The molecule has 0 aromatic heterocycles. The van der Waals surface area contributed by atoms with Crippen LogP contribution in [0.5, 0.6) is 0 Å². The molecule has 0 aliphatic heterocycles. The number of nitrogens with two attached hydrogens (primary N) is 1. The smallest absolute Gasteiger partial charge is 0.223 e. The summed E-state index contributed by atoms with van der Waals surface area (Å²) in [5.74, 6) is 0.184. The summed E-state index contributed by atoms with van der Waals surface area (Å²) in [4.78, 5) is 11.5. The number of rotatable bonds is 5. The van der Waals surface area contributed by atoms with Crippen LogP contribution in [0, 0.1) is 5.92 Å². The summed E-state index contributed by atoms with van der Waals surface area (Å²) in [5, 5.41) is 2.82. The topological polar surface area (TPSA) is 55.1 Å². The first kappa shape index (κ1) is 12.4. The van der Waals surface area contributed by atoms with E-state index in [0.29, 0.717) is 6.54 Å². The molecule has 1 atom stereocenters. The van der Waals surface area contributed by atoms with Crippen molar-refractivity contribution in [2.45, 2.75) is 46.1 Å². The van der Waals surface area contributed by atoms with Crippen LogP contribution in [0.4, 0.5) is 0 Å². The summed E-state index contributed by atoms with van der Waals surface area (Å²) >= 11 is 0. The van der Waals surface area contributed by atoms with E-state index in [1.165, 1.54) is 0 Å². The Labute approximate surface area is 81.1 Å². The Morgan fingerprint density at radius 1 is 1.46 bits per heavy atom. The number of nitrogens with one attached hydrogen (secondary N) is 1. The fourth-order valence-electron chi connectivity index (χ4n) is 1.38. The van der Waals surface area contributed by atoms with Crippen LogP contribution in [0.2, 0.25) is 0 Å². The molecule has 0 aromatic rings. The molecule has 0 fully saturated rings. The Morgan fingerprint density at radius 3 is 2.31 bits per heavy atom. The maximum absolute atomic E-state index is 11.5. The number of amides is 1. The molecule has 0 heterocycles. The Balaban J connectivity index is 4.10. The second kappa shape index (κ2) is 5.22. The normalized spacial score (nSPS) is 13.9. The number of carbonyl (C=O) groups is 1. The number of carbonyl (C=O) groups excluding carboxylic acids is 1. The molecule has 0 saturated heterocycles. The van der Waals surface area contributed by atoms with Gasteiger partial charge >= 0.3 is 0 Å². The Kier molecular flexibility index (Phi) is 4.99. The maximum atomic E-state index is 11.5. The van der Waals surface area contributed by atoms with Gasteiger partial charge in [-0.3, -0.25) is 4.79 Å². The average molecular weight is 186 g/mol. The van der Waals surface area contributed by atoms with Crippen LogP contribution in [0.1, 0.15) is 40.5 Å². The summed E-state index contributed by atoms with van der Waals surface area (Å²) < 4.78 is 0. The Bertz CT molecular complexity index is 161. The lowest BCUT2D eigenvalue weighted by molar-refractivity contribution is -0.125. The first-order valence-electron chi connectivity index (χ1n) is 4.97. The van der Waals surface area contributed by atoms with Crippen molar-refractivity contribution >= 4 is 5.91 Å². The minimum absolute atomic E-state index is 0.0555. The van der Waals surface area contributed by atoms with Crippen molar-refractivity contribution in [3.63, 3.8) is 0 Å². The highest BCUT2D eigenvalue weighted by molar-refractivity contribution is 5.78. The van der Waals surface area contributed by atoms with Gasteiger partial charge in [-0.1, -0.05) is 6.92 Å². The van der Waals surface area contributed by atoms with E-state index in [-0.39, 0.29) is 17.4 Å². The van der Waals surface area contributed by atoms with E-state index in [1.54, 1.807) is 0 Å². The molecule has 0 aliphatic carbocycles. The third kappa shape index (κ3) is 5.64. The standard InChI is InChI=1S/C10H22N2O/c1-5-8(7-10(3,4)11)9(13)12-6-2/h8H,5-7,11H2,1-4H3,(H,12,13). The van der Waals surface area contributed by atoms with E-state index in [2.05, 4.69) is 5.32 Å². The molecule has 0 bridgehead atoms. The van der Waals surface area contributed by atoms with Gasteiger partial charge in [0.25, 0.3) is 0 Å². The van der Waals surface area contributed by atoms with Crippen LogP contribution in [0.25, 0.3) is 0 Å². The Hall–Kier alpha value is -0.570. The summed E-state index contributed by atoms with van der Waals surface area (Å²) in [6.07, 6.45) is 1.60. The Morgan fingerprint density at radius 2 is 2.00 bits per heavy atom. The molecule has 3 nitrogen and oxygen atoms in total. The molecule has 3 heteroatoms. The van der Waals surface area contributed by atoms with Gasteiger partial charge in [0.1, 0.15) is 0 Å². The van der Waals surface area contributed by atoms with Crippen molar-refractivity contribution < 1.29 is 4.79 Å². The molecule has 1 unspecified atom stereocenters. The zero-order chi connectivity index (χ0) is 10.5. The summed E-state index contributed by atoms with van der Waals surface area (Å²) in [6.45, 7) is 8.55. The van der Waals surface area contributed by atoms with Crippen molar-refractivity contribution in [3.8, 4) is 0 Å². The number of hydrogen-bond acceptors (Lipinski definition) is 2. The van der Waals surface area contributed by atoms with Gasteiger partial charge in [-0.15, -0.1) is 0 Å². The molecular weight excluding hydrogens is 164 g/mol. The highest BCUT2D eigenvalue weighted by atomic mass is 16.1. The quantitative estimate of drug-likeness (QED) is 0.679. The third-order valence-corrected chi connectivity index (χ3v) is 1.99. The molecule has 78 valence electrons. The minimum atomic E-state index is -0.258. The van der Waals surface area contributed by atoms with Crippen molar-refractivity contribution in [2.75, 3.05) is 6.54 Å². The fourth-order valence-corrected chi connectivity index (χ4v) is 1.38. The number of hydrogen-bond donors (Lipinski definition) is 2. The molecule has 3 N–H and O–H groups in total. The van der Waals surface area contributed by atoms with Gasteiger partial charge in [0.15, 0.2) is 0 Å². The van der Waals surface area contributed by atoms with E-state index in [0.717, 1.165) is 12.8 Å². The summed E-state index contributed by atoms with van der Waals surface area (Å²) in [7, 11) is 0. The highest BCUT2D eigenvalue weighted by Gasteiger charge is 2.22. The largest absolute Gasteiger partial charge is 0.356 e. The second-order valence-electron chi connectivity index (χ2n) is 4.19. The van der Waals surface area contributed by atoms with E-state index < -0.39 is 0 Å². The molecule has 0 spiro atoms. The van der Waals surface area contributed by atoms with Gasteiger partial charge in [-0.2, -0.15) is 0 Å². The van der Waals surface area contributed by atoms with Gasteiger partial charge < -0.3 is 11.1 Å². The maximum Gasteiger partial charge on any atom is 0.223 e. The van der Waals surface area contributed by atoms with Crippen molar-refractivity contribution in [1.82, 2.24) is 5.32 Å². The molecule has 0 aliphatic rings. The van der Waals surface area contributed by atoms with Crippen LogP contribution >= 0.6 is 0 Å². The summed E-state index contributed by atoms with van der Waals surface area (Å²) in [5.41, 5.74) is 5.61. The average Bonchev–Trinajstić information content (AvgIpc) is 1.99. The van der Waals surface area contributed by atoms with Gasteiger partial charge in [0.2, 0.25) is 5.91 Å². The lowest BCUT2D eigenvalue weighted by Gasteiger charge is -2.24.